The Morgan fingerprint density at radius 1 is 1.35 bits per heavy atom. The number of hydrogen-bond donors (Lipinski definition) is 0. The Kier molecular flexibility index (Phi) is 4.38. The average Bonchev–Trinajstić information content (AvgIpc) is 2.30. The fourth-order valence-corrected chi connectivity index (χ4v) is 4.59. The van der Waals surface area contributed by atoms with E-state index in [0.29, 0.717) is 12.9 Å². The number of rotatable bonds is 4. The summed E-state index contributed by atoms with van der Waals surface area (Å²) < 4.78 is 17.8. The van der Waals surface area contributed by atoms with Crippen LogP contribution in [0.15, 0.2) is 30.3 Å². The van der Waals surface area contributed by atoms with E-state index in [4.69, 9.17) is 4.52 Å². The predicted molar refractivity (Wildman–Crippen MR) is 70.4 cm³/mol. The number of benzene rings is 1. The lowest BCUT2D eigenvalue weighted by Crippen LogP contribution is -2.31. The molecule has 4 heteroatoms. The van der Waals surface area contributed by atoms with Gasteiger partial charge in [0.25, 0.3) is 0 Å². The van der Waals surface area contributed by atoms with E-state index in [1.807, 2.05) is 25.1 Å². The van der Waals surface area contributed by atoms with E-state index in [2.05, 4.69) is 17.0 Å². The number of nitrogens with zero attached hydrogens (tertiary/aromatic N) is 1. The minimum atomic E-state index is -2.38. The first kappa shape index (κ1) is 12.8. The molecule has 1 fully saturated rings. The van der Waals surface area contributed by atoms with Crippen molar-refractivity contribution in [3.05, 3.63) is 35.9 Å². The maximum Gasteiger partial charge on any atom is 0.216 e. The van der Waals surface area contributed by atoms with Gasteiger partial charge in [0.1, 0.15) is 0 Å². The summed E-state index contributed by atoms with van der Waals surface area (Å²) in [6.07, 6.45) is 2.33. The molecule has 1 unspecified atom stereocenters. The van der Waals surface area contributed by atoms with Crippen molar-refractivity contribution in [3.63, 3.8) is 0 Å². The van der Waals surface area contributed by atoms with E-state index < -0.39 is 7.37 Å². The predicted octanol–water partition coefficient (Wildman–Crippen LogP) is 3.16. The van der Waals surface area contributed by atoms with Crippen LogP contribution >= 0.6 is 7.37 Å². The van der Waals surface area contributed by atoms with Gasteiger partial charge in [0.15, 0.2) is 0 Å². The Labute approximate surface area is 103 Å². The quantitative estimate of drug-likeness (QED) is 0.772. The van der Waals surface area contributed by atoms with Crippen molar-refractivity contribution in [2.45, 2.75) is 19.9 Å². The van der Waals surface area contributed by atoms with Gasteiger partial charge in [-0.05, 0) is 25.5 Å². The minimum absolute atomic E-state index is 0.552. The molecule has 1 saturated heterocycles. The lowest BCUT2D eigenvalue weighted by Gasteiger charge is -2.32. The van der Waals surface area contributed by atoms with Gasteiger partial charge >= 0.3 is 0 Å². The molecule has 1 atom stereocenters. The van der Waals surface area contributed by atoms with Crippen molar-refractivity contribution < 1.29 is 9.09 Å². The van der Waals surface area contributed by atoms with Gasteiger partial charge in [0.05, 0.1) is 12.9 Å². The lowest BCUT2D eigenvalue weighted by molar-refractivity contribution is 0.251. The standard InChI is InChI=1S/C13H20NO2P/c1-2-16-17(15)10-6-9-14(12-17)11-13-7-4-3-5-8-13/h3-5,7-8H,2,6,9-12H2,1H3. The van der Waals surface area contributed by atoms with Gasteiger partial charge in [-0.3, -0.25) is 9.46 Å². The second-order valence-electron chi connectivity index (χ2n) is 4.49. The van der Waals surface area contributed by atoms with Crippen LogP contribution in [0, 0.1) is 0 Å². The molecular formula is C13H20NO2P. The zero-order chi connectivity index (χ0) is 12.1. The lowest BCUT2D eigenvalue weighted by atomic mass is 10.2. The molecule has 1 aromatic rings. The van der Waals surface area contributed by atoms with Crippen molar-refractivity contribution in [1.82, 2.24) is 4.90 Å². The summed E-state index contributed by atoms with van der Waals surface area (Å²) >= 11 is 0. The first-order chi connectivity index (χ1) is 8.22. The van der Waals surface area contributed by atoms with Crippen LogP contribution in [0.5, 0.6) is 0 Å². The van der Waals surface area contributed by atoms with E-state index in [1.165, 1.54) is 5.56 Å². The maximum atomic E-state index is 12.4. The van der Waals surface area contributed by atoms with Crippen LogP contribution in [-0.4, -0.2) is 30.5 Å². The van der Waals surface area contributed by atoms with Gasteiger partial charge < -0.3 is 4.52 Å². The highest BCUT2D eigenvalue weighted by Crippen LogP contribution is 2.50. The SMILES string of the molecule is CCOP1(=O)CCCN(Cc2ccccc2)C1. The largest absolute Gasteiger partial charge is 0.328 e. The third-order valence-electron chi connectivity index (χ3n) is 3.00. The van der Waals surface area contributed by atoms with Gasteiger partial charge in [0, 0.05) is 12.7 Å². The topological polar surface area (TPSA) is 29.5 Å². The average molecular weight is 253 g/mol. The summed E-state index contributed by atoms with van der Waals surface area (Å²) in [4.78, 5) is 2.25. The van der Waals surface area contributed by atoms with Crippen LogP contribution < -0.4 is 0 Å². The highest BCUT2D eigenvalue weighted by molar-refractivity contribution is 7.58. The molecule has 0 spiro atoms. The van der Waals surface area contributed by atoms with Crippen LogP contribution in [0.1, 0.15) is 18.9 Å². The van der Waals surface area contributed by atoms with Crippen molar-refractivity contribution >= 4 is 7.37 Å². The molecule has 0 N–H and O–H groups in total. The molecule has 0 radical (unpaired) electrons. The second-order valence-corrected chi connectivity index (χ2v) is 7.11. The Hall–Kier alpha value is -0.630. The Balaban J connectivity index is 1.96. The molecule has 0 bridgehead atoms. The summed E-state index contributed by atoms with van der Waals surface area (Å²) in [5.41, 5.74) is 1.28. The van der Waals surface area contributed by atoms with Crippen LogP contribution in [0.3, 0.4) is 0 Å². The smallest absolute Gasteiger partial charge is 0.216 e. The first-order valence-corrected chi connectivity index (χ1v) is 8.20. The molecule has 2 rings (SSSR count). The summed E-state index contributed by atoms with van der Waals surface area (Å²) in [7, 11) is -2.38. The van der Waals surface area contributed by atoms with E-state index in [9.17, 15) is 4.57 Å². The monoisotopic (exact) mass is 253 g/mol. The first-order valence-electron chi connectivity index (χ1n) is 6.21. The summed E-state index contributed by atoms with van der Waals surface area (Å²) in [6.45, 7) is 4.36. The van der Waals surface area contributed by atoms with E-state index >= 15 is 0 Å². The van der Waals surface area contributed by atoms with Crippen LogP contribution in [0.25, 0.3) is 0 Å². The van der Waals surface area contributed by atoms with Gasteiger partial charge in [-0.15, -0.1) is 0 Å². The molecule has 0 saturated carbocycles. The highest BCUT2D eigenvalue weighted by atomic mass is 31.2. The minimum Gasteiger partial charge on any atom is -0.328 e. The molecule has 0 amide bonds. The van der Waals surface area contributed by atoms with Gasteiger partial charge in [-0.1, -0.05) is 30.3 Å². The molecule has 0 aromatic heterocycles. The van der Waals surface area contributed by atoms with Gasteiger partial charge in [-0.2, -0.15) is 0 Å². The summed E-state index contributed by atoms with van der Waals surface area (Å²) in [6, 6.07) is 10.3. The highest BCUT2D eigenvalue weighted by Gasteiger charge is 2.29. The van der Waals surface area contributed by atoms with Gasteiger partial charge in [0.2, 0.25) is 7.37 Å². The fourth-order valence-electron chi connectivity index (χ4n) is 2.29. The third-order valence-corrected chi connectivity index (χ3v) is 5.56. The molecule has 1 aliphatic rings. The van der Waals surface area contributed by atoms with Crippen molar-refractivity contribution in [2.24, 2.45) is 0 Å². The molecule has 0 aliphatic carbocycles. The molecule has 3 nitrogen and oxygen atoms in total. The van der Waals surface area contributed by atoms with Crippen LogP contribution in [0.2, 0.25) is 0 Å². The number of hydrogen-bond acceptors (Lipinski definition) is 3. The van der Waals surface area contributed by atoms with E-state index in [-0.39, 0.29) is 0 Å². The van der Waals surface area contributed by atoms with Crippen LogP contribution in [-0.2, 0) is 15.6 Å². The summed E-state index contributed by atoms with van der Waals surface area (Å²) in [5.74, 6) is 0. The Bertz CT molecular complexity index is 388. The van der Waals surface area contributed by atoms with E-state index in [0.717, 1.165) is 25.7 Å². The molecule has 1 aromatic carbocycles. The maximum absolute atomic E-state index is 12.4. The normalized spacial score (nSPS) is 25.9. The van der Waals surface area contributed by atoms with Crippen molar-refractivity contribution in [1.29, 1.82) is 0 Å². The van der Waals surface area contributed by atoms with Crippen molar-refractivity contribution in [2.75, 3.05) is 25.6 Å². The molecule has 17 heavy (non-hydrogen) atoms. The summed E-state index contributed by atoms with van der Waals surface area (Å²) in [5, 5.41) is 0. The second kappa shape index (κ2) is 5.81. The fraction of sp³-hybridized carbons (Fsp3) is 0.538. The third kappa shape index (κ3) is 3.67. The van der Waals surface area contributed by atoms with E-state index in [1.54, 1.807) is 0 Å². The molecule has 1 heterocycles. The zero-order valence-corrected chi connectivity index (χ0v) is 11.2. The molecule has 1 aliphatic heterocycles. The van der Waals surface area contributed by atoms with Crippen molar-refractivity contribution in [3.8, 4) is 0 Å². The Morgan fingerprint density at radius 3 is 2.82 bits per heavy atom. The zero-order valence-electron chi connectivity index (χ0n) is 10.3. The van der Waals surface area contributed by atoms with Gasteiger partial charge in [-0.25, -0.2) is 0 Å². The molecular weight excluding hydrogens is 233 g/mol. The molecule has 94 valence electrons. The Morgan fingerprint density at radius 2 is 2.12 bits per heavy atom. The van der Waals surface area contributed by atoms with Crippen LogP contribution in [0.4, 0.5) is 0 Å².